The van der Waals surface area contributed by atoms with Crippen LogP contribution in [0.4, 0.5) is 0 Å². The van der Waals surface area contributed by atoms with E-state index in [1.165, 1.54) is 19.3 Å². The van der Waals surface area contributed by atoms with Crippen molar-refractivity contribution in [2.75, 3.05) is 33.5 Å². The zero-order chi connectivity index (χ0) is 24.6. The monoisotopic (exact) mass is 482 g/mol. The number of likely N-dealkylation sites (tertiary alicyclic amines) is 1. The molecule has 190 valence electrons. The molecule has 0 saturated carbocycles. The molecule has 2 aliphatic rings. The number of piperidine rings is 1. The largest absolute Gasteiger partial charge is 0.497 e. The summed E-state index contributed by atoms with van der Waals surface area (Å²) in [6.45, 7) is 6.87. The maximum Gasteiger partial charge on any atom is 0.223 e. The van der Waals surface area contributed by atoms with E-state index >= 15 is 0 Å². The quantitative estimate of drug-likeness (QED) is 0.547. The van der Waals surface area contributed by atoms with Gasteiger partial charge in [-0.3, -0.25) is 9.69 Å². The lowest BCUT2D eigenvalue weighted by molar-refractivity contribution is -0.122. The zero-order valence-corrected chi connectivity index (χ0v) is 21.1. The second-order valence-electron chi connectivity index (χ2n) is 9.55. The van der Waals surface area contributed by atoms with Crippen molar-refractivity contribution in [3.63, 3.8) is 0 Å². The Hall–Kier alpha value is -2.93. The molecular weight excluding hydrogens is 444 g/mol. The van der Waals surface area contributed by atoms with Gasteiger partial charge in [-0.2, -0.15) is 0 Å². The van der Waals surface area contributed by atoms with E-state index in [2.05, 4.69) is 30.1 Å². The molecule has 1 N–H and O–H groups in total. The first-order chi connectivity index (χ1) is 17.0. The van der Waals surface area contributed by atoms with Gasteiger partial charge in [-0.1, -0.05) is 12.5 Å². The Morgan fingerprint density at radius 3 is 2.43 bits per heavy atom. The van der Waals surface area contributed by atoms with Crippen LogP contribution in [0.3, 0.4) is 0 Å². The molecule has 1 saturated heterocycles. The predicted molar refractivity (Wildman–Crippen MR) is 136 cm³/mol. The van der Waals surface area contributed by atoms with Crippen molar-refractivity contribution >= 4 is 5.91 Å². The van der Waals surface area contributed by atoms with Gasteiger partial charge in [-0.05, 0) is 75.1 Å². The number of hydrogen-bond acceptors (Lipinski definition) is 6. The van der Waals surface area contributed by atoms with Crippen LogP contribution in [-0.2, 0) is 11.2 Å². The molecule has 3 atom stereocenters. The highest BCUT2D eigenvalue weighted by atomic mass is 16.6. The topological polar surface area (TPSA) is 69.3 Å². The Morgan fingerprint density at radius 2 is 1.71 bits per heavy atom. The third-order valence-corrected chi connectivity index (χ3v) is 6.92. The Kier molecular flexibility index (Phi) is 8.74. The second kappa shape index (κ2) is 12.2. The number of nitrogens with zero attached hydrogens (tertiary/aromatic N) is 1. The standard InChI is InChI=1S/C28H38N2O5/c1-20-5-4-6-21(2)30(20)19-23(17-22-7-12-26-27(18-22)35-16-15-34-26)29-28(31)13-14-33-25-10-8-24(32-3)9-11-25/h7-12,18,20-21,23H,4-6,13-17,19H2,1-3H3,(H,29,31)/t20?,21?,23-/m0/s1. The minimum absolute atomic E-state index is 0.00151. The van der Waals surface area contributed by atoms with Crippen LogP contribution < -0.4 is 24.3 Å². The first-order valence-electron chi connectivity index (χ1n) is 12.7. The van der Waals surface area contributed by atoms with Crippen molar-refractivity contribution in [2.24, 2.45) is 0 Å². The molecule has 4 rings (SSSR count). The number of ether oxygens (including phenoxy) is 4. The lowest BCUT2D eigenvalue weighted by atomic mass is 9.95. The van der Waals surface area contributed by atoms with Gasteiger partial charge in [0.05, 0.1) is 20.1 Å². The number of nitrogens with one attached hydrogen (secondary N) is 1. The van der Waals surface area contributed by atoms with Crippen molar-refractivity contribution in [3.8, 4) is 23.0 Å². The average molecular weight is 483 g/mol. The van der Waals surface area contributed by atoms with E-state index in [0.717, 1.165) is 41.5 Å². The summed E-state index contributed by atoms with van der Waals surface area (Å²) in [5, 5.41) is 3.29. The molecule has 2 aromatic rings. The van der Waals surface area contributed by atoms with Gasteiger partial charge in [-0.25, -0.2) is 0 Å². The van der Waals surface area contributed by atoms with Gasteiger partial charge in [0.2, 0.25) is 5.91 Å². The van der Waals surface area contributed by atoms with Crippen molar-refractivity contribution in [2.45, 2.75) is 64.1 Å². The molecule has 2 aromatic carbocycles. The van der Waals surface area contributed by atoms with E-state index in [0.29, 0.717) is 38.3 Å². The summed E-state index contributed by atoms with van der Waals surface area (Å²) >= 11 is 0. The maximum absolute atomic E-state index is 12.9. The summed E-state index contributed by atoms with van der Waals surface area (Å²) in [5.41, 5.74) is 1.13. The molecule has 1 amide bonds. The van der Waals surface area contributed by atoms with Crippen LogP contribution in [0.2, 0.25) is 0 Å². The molecule has 1 fully saturated rings. The van der Waals surface area contributed by atoms with E-state index in [9.17, 15) is 4.79 Å². The van der Waals surface area contributed by atoms with Gasteiger partial charge in [0.15, 0.2) is 11.5 Å². The van der Waals surface area contributed by atoms with Crippen LogP contribution in [-0.4, -0.2) is 62.4 Å². The fourth-order valence-corrected chi connectivity index (χ4v) is 4.98. The molecule has 2 unspecified atom stereocenters. The molecular formula is C28H38N2O5. The summed E-state index contributed by atoms with van der Waals surface area (Å²) in [7, 11) is 1.63. The number of hydrogen-bond donors (Lipinski definition) is 1. The molecule has 0 bridgehead atoms. The second-order valence-corrected chi connectivity index (χ2v) is 9.55. The first-order valence-corrected chi connectivity index (χ1v) is 12.7. The third-order valence-electron chi connectivity index (χ3n) is 6.92. The number of rotatable bonds is 10. The number of fused-ring (bicyclic) bond motifs is 1. The van der Waals surface area contributed by atoms with Crippen molar-refractivity contribution in [1.29, 1.82) is 0 Å². The number of carbonyl (C=O) groups is 1. The van der Waals surface area contributed by atoms with Gasteiger partial charge in [-0.15, -0.1) is 0 Å². The van der Waals surface area contributed by atoms with Gasteiger partial charge < -0.3 is 24.3 Å². The summed E-state index contributed by atoms with van der Waals surface area (Å²) in [6.07, 6.45) is 4.70. The fraction of sp³-hybridized carbons (Fsp3) is 0.536. The molecule has 2 aliphatic heterocycles. The summed E-state index contributed by atoms with van der Waals surface area (Å²) in [5.74, 6) is 3.07. The van der Waals surface area contributed by atoms with E-state index in [1.807, 2.05) is 36.4 Å². The molecule has 7 nitrogen and oxygen atoms in total. The number of benzene rings is 2. The summed E-state index contributed by atoms with van der Waals surface area (Å²) < 4.78 is 22.4. The predicted octanol–water partition coefficient (Wildman–Crippen LogP) is 4.23. The summed E-state index contributed by atoms with van der Waals surface area (Å²) in [6, 6.07) is 14.5. The fourth-order valence-electron chi connectivity index (χ4n) is 4.98. The van der Waals surface area contributed by atoms with Crippen molar-refractivity contribution in [3.05, 3.63) is 48.0 Å². The highest BCUT2D eigenvalue weighted by Crippen LogP contribution is 2.31. The molecule has 0 radical (unpaired) electrons. The number of methoxy groups -OCH3 is 1. The normalized spacial score (nSPS) is 20.7. The highest BCUT2D eigenvalue weighted by molar-refractivity contribution is 5.76. The van der Waals surface area contributed by atoms with Crippen LogP contribution in [0.15, 0.2) is 42.5 Å². The highest BCUT2D eigenvalue weighted by Gasteiger charge is 2.28. The van der Waals surface area contributed by atoms with E-state index in [-0.39, 0.29) is 11.9 Å². The zero-order valence-electron chi connectivity index (χ0n) is 21.1. The Bertz CT molecular complexity index is 954. The van der Waals surface area contributed by atoms with E-state index < -0.39 is 0 Å². The molecule has 35 heavy (non-hydrogen) atoms. The average Bonchev–Trinajstić information content (AvgIpc) is 2.86. The SMILES string of the molecule is COc1ccc(OCCC(=O)N[C@@H](Cc2ccc3c(c2)OCCO3)CN2C(C)CCCC2C)cc1. The minimum Gasteiger partial charge on any atom is -0.497 e. The smallest absolute Gasteiger partial charge is 0.223 e. The molecule has 0 spiro atoms. The minimum atomic E-state index is -0.00551. The Labute approximate surface area is 208 Å². The van der Waals surface area contributed by atoms with E-state index in [4.69, 9.17) is 18.9 Å². The van der Waals surface area contributed by atoms with Crippen molar-refractivity contribution < 1.29 is 23.7 Å². The Morgan fingerprint density at radius 1 is 1.03 bits per heavy atom. The van der Waals surface area contributed by atoms with Gasteiger partial charge in [0.25, 0.3) is 0 Å². The number of amides is 1. The maximum atomic E-state index is 12.9. The lowest BCUT2D eigenvalue weighted by Crippen LogP contribution is -2.52. The molecule has 2 heterocycles. The van der Waals surface area contributed by atoms with Gasteiger partial charge >= 0.3 is 0 Å². The first kappa shape index (κ1) is 25.2. The van der Waals surface area contributed by atoms with Crippen LogP contribution in [0, 0.1) is 0 Å². The molecule has 0 aromatic heterocycles. The lowest BCUT2D eigenvalue weighted by Gasteiger charge is -2.41. The van der Waals surface area contributed by atoms with Gasteiger partial charge in [0, 0.05) is 24.7 Å². The summed E-state index contributed by atoms with van der Waals surface area (Å²) in [4.78, 5) is 15.4. The molecule has 7 heteroatoms. The van der Waals surface area contributed by atoms with Crippen LogP contribution >= 0.6 is 0 Å². The third kappa shape index (κ3) is 7.04. The van der Waals surface area contributed by atoms with Crippen LogP contribution in [0.25, 0.3) is 0 Å². The van der Waals surface area contributed by atoms with Gasteiger partial charge in [0.1, 0.15) is 24.7 Å². The number of carbonyl (C=O) groups excluding carboxylic acids is 1. The molecule has 0 aliphatic carbocycles. The van der Waals surface area contributed by atoms with Crippen LogP contribution in [0.1, 0.15) is 45.1 Å². The van der Waals surface area contributed by atoms with Crippen molar-refractivity contribution in [1.82, 2.24) is 10.2 Å². The Balaban J connectivity index is 1.37. The van der Waals surface area contributed by atoms with E-state index in [1.54, 1.807) is 7.11 Å². The van der Waals surface area contributed by atoms with Crippen LogP contribution in [0.5, 0.6) is 23.0 Å².